The minimum Gasteiger partial charge on any atom is -0.392 e. The van der Waals surface area contributed by atoms with Crippen LogP contribution in [-0.2, 0) is 30.5 Å². The number of piperidine rings is 1. The van der Waals surface area contributed by atoms with Gasteiger partial charge in [0.1, 0.15) is 0 Å². The van der Waals surface area contributed by atoms with Crippen molar-refractivity contribution in [1.82, 2.24) is 15.7 Å². The molecule has 2 heterocycles. The number of hydrogen-bond donors (Lipinski definition) is 5. The molecule has 3 fully saturated rings. The molecule has 5 N–H and O–H groups in total. The molecule has 11 nitrogen and oxygen atoms in total. The summed E-state index contributed by atoms with van der Waals surface area (Å²) in [6.07, 6.45) is 8.72. The molecule has 50 heavy (non-hydrogen) atoms. The van der Waals surface area contributed by atoms with Crippen molar-refractivity contribution in [2.75, 3.05) is 11.9 Å². The van der Waals surface area contributed by atoms with Crippen molar-refractivity contribution < 1.29 is 34.2 Å². The number of anilines is 1. The summed E-state index contributed by atoms with van der Waals surface area (Å²) in [4.78, 5) is 39.9. The smallest absolute Gasteiger partial charge is 0.243 e. The van der Waals surface area contributed by atoms with Crippen LogP contribution in [0.5, 0.6) is 0 Å². The van der Waals surface area contributed by atoms with Gasteiger partial charge in [-0.2, -0.15) is 0 Å². The van der Waals surface area contributed by atoms with E-state index < -0.39 is 12.2 Å². The Kier molecular flexibility index (Phi) is 13.4. The molecular weight excluding hydrogens is 636 g/mol. The highest BCUT2D eigenvalue weighted by atomic mass is 16.7. The first-order valence-electron chi connectivity index (χ1n) is 18.4. The van der Waals surface area contributed by atoms with E-state index in [1.807, 2.05) is 69.3 Å². The van der Waals surface area contributed by atoms with Gasteiger partial charge in [0.2, 0.25) is 17.7 Å². The number of unbranched alkanes of at least 4 members (excludes halogenated alkanes) is 2. The largest absolute Gasteiger partial charge is 0.392 e. The van der Waals surface area contributed by atoms with Crippen LogP contribution in [0.1, 0.15) is 127 Å². The first-order valence-corrected chi connectivity index (χ1v) is 18.4. The number of fused-ring (bicyclic) bond motifs is 1. The van der Waals surface area contributed by atoms with E-state index in [1.165, 1.54) is 19.3 Å². The fourth-order valence-electron chi connectivity index (χ4n) is 7.75. The van der Waals surface area contributed by atoms with Crippen molar-refractivity contribution in [3.8, 4) is 0 Å². The minimum atomic E-state index is -0.647. The normalized spacial score (nSPS) is 25.7. The molecule has 2 aromatic rings. The molecule has 0 spiro atoms. The zero-order valence-corrected chi connectivity index (χ0v) is 29.9. The van der Waals surface area contributed by atoms with Crippen molar-refractivity contribution in [2.24, 2.45) is 5.92 Å². The summed E-state index contributed by atoms with van der Waals surface area (Å²) in [6, 6.07) is 15.5. The van der Waals surface area contributed by atoms with Crippen LogP contribution < -0.4 is 16.1 Å². The molecule has 3 amide bonds. The van der Waals surface area contributed by atoms with Crippen molar-refractivity contribution in [3.63, 3.8) is 0 Å². The van der Waals surface area contributed by atoms with Gasteiger partial charge in [0.25, 0.3) is 0 Å². The van der Waals surface area contributed by atoms with E-state index in [0.29, 0.717) is 56.3 Å². The Labute approximate surface area is 296 Å². The van der Waals surface area contributed by atoms with Gasteiger partial charge in [-0.15, -0.1) is 0 Å². The van der Waals surface area contributed by atoms with Crippen LogP contribution in [-0.4, -0.2) is 63.2 Å². The number of benzene rings is 2. The highest BCUT2D eigenvalue weighted by Gasteiger charge is 2.44. The summed E-state index contributed by atoms with van der Waals surface area (Å²) in [5.74, 6) is 0.159. The van der Waals surface area contributed by atoms with Crippen LogP contribution in [0.15, 0.2) is 48.5 Å². The van der Waals surface area contributed by atoms with Gasteiger partial charge in [-0.1, -0.05) is 55.7 Å². The Balaban J connectivity index is 1.30. The number of amides is 3. The summed E-state index contributed by atoms with van der Waals surface area (Å²) in [5, 5.41) is 24.4. The zero-order chi connectivity index (χ0) is 35.7. The molecular formula is C39H56N4O7. The number of aliphatic hydroxyl groups excluding tert-OH is 1. The second-order valence-electron chi connectivity index (χ2n) is 15.3. The van der Waals surface area contributed by atoms with Gasteiger partial charge in [-0.25, -0.2) is 5.48 Å². The van der Waals surface area contributed by atoms with Crippen LogP contribution in [0, 0.1) is 5.92 Å². The maximum Gasteiger partial charge on any atom is 0.243 e. The summed E-state index contributed by atoms with van der Waals surface area (Å²) in [6.45, 7) is 6.70. The monoisotopic (exact) mass is 692 g/mol. The Bertz CT molecular complexity index is 1410. The lowest BCUT2D eigenvalue weighted by atomic mass is 9.75. The summed E-state index contributed by atoms with van der Waals surface area (Å²) < 4.78 is 13.3. The van der Waals surface area contributed by atoms with Gasteiger partial charge in [0.15, 0.2) is 6.29 Å². The third kappa shape index (κ3) is 10.6. The molecule has 2 aliphatic heterocycles. The topological polar surface area (TPSA) is 149 Å². The minimum absolute atomic E-state index is 0.0259. The first kappa shape index (κ1) is 37.9. The summed E-state index contributed by atoms with van der Waals surface area (Å²) >= 11 is 0. The molecule has 0 radical (unpaired) electrons. The molecule has 11 heteroatoms. The van der Waals surface area contributed by atoms with Gasteiger partial charge in [-0.05, 0) is 88.5 Å². The van der Waals surface area contributed by atoms with Crippen LogP contribution in [0.4, 0.5) is 5.69 Å². The Hall–Kier alpha value is -3.35. The maximum absolute atomic E-state index is 13.7. The quantitative estimate of drug-likeness (QED) is 0.0967. The molecule has 6 atom stereocenters. The molecule has 2 saturated heterocycles. The summed E-state index contributed by atoms with van der Waals surface area (Å²) in [7, 11) is 0. The average Bonchev–Trinajstić information content (AvgIpc) is 3.11. The van der Waals surface area contributed by atoms with E-state index >= 15 is 0 Å². The average molecular weight is 693 g/mol. The van der Waals surface area contributed by atoms with Crippen molar-refractivity contribution in [2.45, 2.75) is 141 Å². The first-order chi connectivity index (χ1) is 24.0. The zero-order valence-electron chi connectivity index (χ0n) is 29.9. The number of ether oxygens (including phenoxy) is 2. The third-order valence-corrected chi connectivity index (χ3v) is 10.2. The second-order valence-corrected chi connectivity index (χ2v) is 15.3. The Morgan fingerprint density at radius 3 is 2.20 bits per heavy atom. The number of hydroxylamine groups is 1. The number of carbonyl (C=O) groups is 3. The standard InChI is InChI=1S/C39H56N4O7/c1-39(2,3)41-37(47)33-22-19-27-9-7-8-10-32(27)43(33)24-31-23-34(28-15-13-26(25-44)14-16-28)50-38(49-31)29-17-20-30(21-18-29)40-35(45)11-5-4-6-12-36(46)42-48/h13-18,20-21,27,31-34,38,44,48H,4-12,19,22-25H2,1-3H3,(H,40,45)(H,41,47)(H,42,46)/t27-,31+,32-,33-,34-,38-/m1/s1. The number of likely N-dealkylation sites (tertiary alicyclic amines) is 1. The second kappa shape index (κ2) is 17.7. The molecule has 1 aliphatic carbocycles. The van der Waals surface area contributed by atoms with Crippen LogP contribution in [0.3, 0.4) is 0 Å². The van der Waals surface area contributed by atoms with Crippen molar-refractivity contribution >= 4 is 23.4 Å². The lowest BCUT2D eigenvalue weighted by molar-refractivity contribution is -0.255. The molecule has 3 aliphatic rings. The third-order valence-electron chi connectivity index (χ3n) is 10.2. The van der Waals surface area contributed by atoms with E-state index in [-0.39, 0.29) is 48.6 Å². The van der Waals surface area contributed by atoms with Crippen LogP contribution in [0.25, 0.3) is 0 Å². The molecule has 2 aromatic carbocycles. The fraction of sp³-hybridized carbons (Fsp3) is 0.615. The lowest BCUT2D eigenvalue weighted by Gasteiger charge is -2.50. The molecule has 0 aromatic heterocycles. The van der Waals surface area contributed by atoms with Gasteiger partial charge >= 0.3 is 0 Å². The fourth-order valence-corrected chi connectivity index (χ4v) is 7.75. The van der Waals surface area contributed by atoms with E-state index in [4.69, 9.17) is 14.7 Å². The molecule has 1 saturated carbocycles. The highest BCUT2D eigenvalue weighted by Crippen LogP contribution is 2.42. The molecule has 5 rings (SSSR count). The van der Waals surface area contributed by atoms with Crippen molar-refractivity contribution in [1.29, 1.82) is 0 Å². The van der Waals surface area contributed by atoms with Crippen LogP contribution in [0.2, 0.25) is 0 Å². The van der Waals surface area contributed by atoms with E-state index in [0.717, 1.165) is 36.0 Å². The number of nitrogens with zero attached hydrogens (tertiary/aromatic N) is 1. The van der Waals surface area contributed by atoms with Gasteiger partial charge in [0.05, 0.1) is 24.9 Å². The highest BCUT2D eigenvalue weighted by molar-refractivity contribution is 5.90. The Morgan fingerprint density at radius 1 is 0.840 bits per heavy atom. The van der Waals surface area contributed by atoms with Gasteiger partial charge < -0.3 is 25.2 Å². The predicted octanol–water partition coefficient (Wildman–Crippen LogP) is 6.06. The molecule has 0 bridgehead atoms. The Morgan fingerprint density at radius 2 is 1.52 bits per heavy atom. The van der Waals surface area contributed by atoms with E-state index in [1.54, 1.807) is 5.48 Å². The number of rotatable bonds is 13. The number of nitrogens with one attached hydrogen (secondary N) is 3. The number of carbonyl (C=O) groups excluding carboxylic acids is 3. The summed E-state index contributed by atoms with van der Waals surface area (Å²) in [5.41, 5.74) is 4.66. The SMILES string of the molecule is CC(C)(C)NC(=O)[C@H]1CC[C@H]2CCCC[C@H]2N1C[C@@H]1C[C@H](c2ccc(CO)cc2)O[C@H](c2ccc(NC(=O)CCCCCC(=O)NO)cc2)O1. The van der Waals surface area contributed by atoms with Gasteiger partial charge in [0, 0.05) is 48.6 Å². The predicted molar refractivity (Wildman–Crippen MR) is 190 cm³/mol. The molecule has 0 unspecified atom stereocenters. The van der Waals surface area contributed by atoms with E-state index in [2.05, 4.69) is 15.5 Å². The number of aliphatic hydroxyl groups is 1. The lowest BCUT2D eigenvalue weighted by Crippen LogP contribution is -2.61. The van der Waals surface area contributed by atoms with Gasteiger partial charge in [-0.3, -0.25) is 24.5 Å². The van der Waals surface area contributed by atoms with Crippen molar-refractivity contribution in [3.05, 3.63) is 65.2 Å². The van der Waals surface area contributed by atoms with Crippen LogP contribution >= 0.6 is 0 Å². The van der Waals surface area contributed by atoms with E-state index in [9.17, 15) is 19.5 Å². The maximum atomic E-state index is 13.7. The number of hydrogen-bond acceptors (Lipinski definition) is 8. The molecule has 274 valence electrons.